The molecule has 29 heavy (non-hydrogen) atoms. The van der Waals surface area contributed by atoms with Crippen LogP contribution in [0.3, 0.4) is 0 Å². The molecule has 1 atom stereocenters. The molecule has 142 valence electrons. The molecule has 3 N–H and O–H groups in total. The molecule has 3 heterocycles. The Morgan fingerprint density at radius 3 is 2.79 bits per heavy atom. The quantitative estimate of drug-likeness (QED) is 0.492. The minimum Gasteiger partial charge on any atom is -0.497 e. The van der Waals surface area contributed by atoms with E-state index in [1.165, 1.54) is 0 Å². The van der Waals surface area contributed by atoms with Crippen LogP contribution in [-0.4, -0.2) is 21.6 Å². The Bertz CT molecular complexity index is 1370. The summed E-state index contributed by atoms with van der Waals surface area (Å²) in [6.45, 7) is 0. The summed E-state index contributed by atoms with van der Waals surface area (Å²) in [5.41, 5.74) is 9.58. The molecule has 8 heteroatoms. The molecule has 1 aliphatic rings. The second-order valence-corrected chi connectivity index (χ2v) is 7.05. The number of allylic oxidation sites excluding steroid dienone is 1. The fourth-order valence-electron chi connectivity index (χ4n) is 3.74. The van der Waals surface area contributed by atoms with Crippen molar-refractivity contribution < 1.29 is 4.74 Å². The summed E-state index contributed by atoms with van der Waals surface area (Å²) in [7, 11) is 1.61. The van der Waals surface area contributed by atoms with Crippen LogP contribution in [0.25, 0.3) is 21.9 Å². The normalized spacial score (nSPS) is 15.8. The van der Waals surface area contributed by atoms with Gasteiger partial charge < -0.3 is 15.8 Å². The van der Waals surface area contributed by atoms with Crippen molar-refractivity contribution in [2.24, 2.45) is 5.73 Å². The van der Waals surface area contributed by atoms with Crippen molar-refractivity contribution >= 4 is 39.5 Å². The summed E-state index contributed by atoms with van der Waals surface area (Å²) >= 11 is 6.60. The molecule has 7 nitrogen and oxygen atoms in total. The number of hydrogen-bond donors (Lipinski definition) is 2. The SMILES string of the molecule is COc1ccc2nc(Cl)c(C3C(C#N)=C(N)Nc4nc5ccccc5n43)cc2c1. The number of aromatic nitrogens is 3. The van der Waals surface area contributed by atoms with Crippen molar-refractivity contribution in [2.75, 3.05) is 12.4 Å². The highest BCUT2D eigenvalue weighted by Gasteiger charge is 2.33. The lowest BCUT2D eigenvalue weighted by atomic mass is 9.97. The van der Waals surface area contributed by atoms with Crippen LogP contribution in [-0.2, 0) is 0 Å². The van der Waals surface area contributed by atoms with Crippen LogP contribution >= 0.6 is 11.6 Å². The lowest BCUT2D eigenvalue weighted by molar-refractivity contribution is 0.415. The number of imidazole rings is 1. The molecule has 4 aromatic rings. The molecule has 0 spiro atoms. The minimum atomic E-state index is -0.556. The van der Waals surface area contributed by atoms with Crippen molar-refractivity contribution in [3.8, 4) is 11.8 Å². The molecular weight excluding hydrogens is 388 g/mol. The van der Waals surface area contributed by atoms with E-state index in [-0.39, 0.29) is 5.82 Å². The maximum Gasteiger partial charge on any atom is 0.210 e. The highest BCUT2D eigenvalue weighted by molar-refractivity contribution is 6.30. The van der Waals surface area contributed by atoms with E-state index in [9.17, 15) is 5.26 Å². The van der Waals surface area contributed by atoms with Gasteiger partial charge in [-0.3, -0.25) is 4.57 Å². The van der Waals surface area contributed by atoms with Crippen molar-refractivity contribution in [1.29, 1.82) is 5.26 Å². The van der Waals surface area contributed by atoms with Crippen LogP contribution < -0.4 is 15.8 Å². The van der Waals surface area contributed by atoms with E-state index in [0.29, 0.717) is 28.0 Å². The Balaban J connectivity index is 1.82. The molecule has 5 rings (SSSR count). The van der Waals surface area contributed by atoms with E-state index in [2.05, 4.69) is 21.4 Å². The molecular formula is C21H15ClN6O. The smallest absolute Gasteiger partial charge is 0.210 e. The molecule has 1 aliphatic heterocycles. The molecule has 0 radical (unpaired) electrons. The summed E-state index contributed by atoms with van der Waals surface area (Å²) in [4.78, 5) is 9.15. The van der Waals surface area contributed by atoms with Crippen LogP contribution in [0, 0.1) is 11.3 Å². The van der Waals surface area contributed by atoms with E-state index in [4.69, 9.17) is 22.1 Å². The van der Waals surface area contributed by atoms with Gasteiger partial charge in [-0.1, -0.05) is 23.7 Å². The van der Waals surface area contributed by atoms with Gasteiger partial charge in [-0.2, -0.15) is 5.26 Å². The number of hydrogen-bond acceptors (Lipinski definition) is 6. The minimum absolute atomic E-state index is 0.252. The van der Waals surface area contributed by atoms with E-state index >= 15 is 0 Å². The second kappa shape index (κ2) is 6.40. The van der Waals surface area contributed by atoms with E-state index in [1.807, 2.05) is 53.1 Å². The molecule has 0 bridgehead atoms. The van der Waals surface area contributed by atoms with Crippen molar-refractivity contribution in [3.05, 3.63) is 70.6 Å². The highest BCUT2D eigenvalue weighted by Crippen LogP contribution is 2.40. The largest absolute Gasteiger partial charge is 0.497 e. The molecule has 2 aromatic heterocycles. The van der Waals surface area contributed by atoms with Gasteiger partial charge in [0.2, 0.25) is 5.95 Å². The number of benzene rings is 2. The average Bonchev–Trinajstić information content (AvgIpc) is 3.09. The number of nitriles is 1. The summed E-state index contributed by atoms with van der Waals surface area (Å²) in [5, 5.41) is 14.1. The van der Waals surface area contributed by atoms with E-state index in [1.54, 1.807) is 7.11 Å². The van der Waals surface area contributed by atoms with Gasteiger partial charge in [-0.05, 0) is 36.4 Å². The van der Waals surface area contributed by atoms with Gasteiger partial charge in [0.05, 0.1) is 29.2 Å². The third-order valence-corrected chi connectivity index (χ3v) is 5.38. The fraction of sp³-hybridized carbons (Fsp3) is 0.0952. The van der Waals surface area contributed by atoms with Gasteiger partial charge in [0.1, 0.15) is 28.8 Å². The van der Waals surface area contributed by atoms with E-state index < -0.39 is 6.04 Å². The monoisotopic (exact) mass is 402 g/mol. The first-order valence-corrected chi connectivity index (χ1v) is 9.26. The predicted octanol–water partition coefficient (Wildman–Crippen LogP) is 3.96. The van der Waals surface area contributed by atoms with Gasteiger partial charge in [0, 0.05) is 10.9 Å². The number of nitrogens with two attached hydrogens (primary N) is 1. The molecule has 0 aliphatic carbocycles. The van der Waals surface area contributed by atoms with Crippen LogP contribution in [0.4, 0.5) is 5.95 Å². The third-order valence-electron chi connectivity index (χ3n) is 5.08. The molecule has 0 amide bonds. The molecule has 1 unspecified atom stereocenters. The number of fused-ring (bicyclic) bond motifs is 4. The zero-order valence-corrected chi connectivity index (χ0v) is 16.1. The number of ether oxygens (including phenoxy) is 1. The Morgan fingerprint density at radius 2 is 2.00 bits per heavy atom. The van der Waals surface area contributed by atoms with Crippen LogP contribution in [0.1, 0.15) is 11.6 Å². The van der Waals surface area contributed by atoms with Gasteiger partial charge in [0.25, 0.3) is 0 Å². The Morgan fingerprint density at radius 1 is 1.17 bits per heavy atom. The average molecular weight is 403 g/mol. The predicted molar refractivity (Wildman–Crippen MR) is 112 cm³/mol. The summed E-state index contributed by atoms with van der Waals surface area (Å²) in [5.74, 6) is 1.51. The van der Waals surface area contributed by atoms with Crippen molar-refractivity contribution in [1.82, 2.24) is 14.5 Å². The lowest BCUT2D eigenvalue weighted by Crippen LogP contribution is -2.28. The first-order valence-electron chi connectivity index (χ1n) is 8.88. The maximum absolute atomic E-state index is 9.87. The first-order chi connectivity index (χ1) is 14.1. The summed E-state index contributed by atoms with van der Waals surface area (Å²) in [6, 6.07) is 16.8. The lowest BCUT2D eigenvalue weighted by Gasteiger charge is -2.28. The van der Waals surface area contributed by atoms with Crippen LogP contribution in [0.5, 0.6) is 5.75 Å². The van der Waals surface area contributed by atoms with Crippen LogP contribution in [0.15, 0.2) is 59.9 Å². The number of nitrogens with zero attached hydrogens (tertiary/aromatic N) is 4. The molecule has 0 fully saturated rings. The first kappa shape index (κ1) is 17.3. The zero-order valence-electron chi connectivity index (χ0n) is 15.3. The maximum atomic E-state index is 9.87. The number of para-hydroxylation sites is 2. The number of methoxy groups -OCH3 is 1. The van der Waals surface area contributed by atoms with Gasteiger partial charge >= 0.3 is 0 Å². The highest BCUT2D eigenvalue weighted by atomic mass is 35.5. The van der Waals surface area contributed by atoms with Gasteiger partial charge in [0.15, 0.2) is 0 Å². The number of nitrogens with one attached hydrogen (secondary N) is 1. The Kier molecular flexibility index (Phi) is 3.83. The Labute approximate surface area is 171 Å². The molecule has 2 aromatic carbocycles. The number of rotatable bonds is 2. The van der Waals surface area contributed by atoms with E-state index in [0.717, 1.165) is 21.9 Å². The zero-order chi connectivity index (χ0) is 20.1. The topological polar surface area (TPSA) is 102 Å². The number of pyridine rings is 1. The number of halogens is 1. The van der Waals surface area contributed by atoms with Crippen LogP contribution in [0.2, 0.25) is 5.15 Å². The van der Waals surface area contributed by atoms with Gasteiger partial charge in [-0.15, -0.1) is 0 Å². The van der Waals surface area contributed by atoms with Crippen molar-refractivity contribution in [3.63, 3.8) is 0 Å². The second-order valence-electron chi connectivity index (χ2n) is 6.69. The van der Waals surface area contributed by atoms with Crippen molar-refractivity contribution in [2.45, 2.75) is 6.04 Å². The summed E-state index contributed by atoms with van der Waals surface area (Å²) in [6.07, 6.45) is 0. The summed E-state index contributed by atoms with van der Waals surface area (Å²) < 4.78 is 7.26. The third kappa shape index (κ3) is 2.57. The standard InChI is InChI=1S/C21H15ClN6O/c1-29-12-6-7-15-11(8-12)9-13(19(22)25-15)18-14(10-23)20(24)27-21-26-16-4-2-3-5-17(16)28(18)21/h2-9,18H,24H2,1H3,(H,26,27). The van der Waals surface area contributed by atoms with Gasteiger partial charge in [-0.25, -0.2) is 9.97 Å². The number of anilines is 1. The molecule has 0 saturated heterocycles. The molecule has 0 saturated carbocycles. The fourth-order valence-corrected chi connectivity index (χ4v) is 3.99. The Hall–Kier alpha value is -3.76.